The third kappa shape index (κ3) is 1.71. The van der Waals surface area contributed by atoms with Gasteiger partial charge in [0.15, 0.2) is 11.4 Å². The molecule has 0 atom stereocenters. The van der Waals surface area contributed by atoms with Gasteiger partial charge in [-0.15, -0.1) is 0 Å². The molecule has 0 unspecified atom stereocenters. The summed E-state index contributed by atoms with van der Waals surface area (Å²) in [6.45, 7) is 1.65. The fourth-order valence-electron chi connectivity index (χ4n) is 1.89. The van der Waals surface area contributed by atoms with Crippen LogP contribution in [0.15, 0.2) is 28.9 Å². The predicted molar refractivity (Wildman–Crippen MR) is 67.2 cm³/mol. The van der Waals surface area contributed by atoms with E-state index < -0.39 is 5.97 Å². The SMILES string of the molecule is Cc1nn(-c2ccc3onc(N)c3c2)cc1C(=O)O. The Morgan fingerprint density at radius 2 is 2.26 bits per heavy atom. The Kier molecular flexibility index (Phi) is 2.28. The summed E-state index contributed by atoms with van der Waals surface area (Å²) in [7, 11) is 0. The number of hydrogen-bond acceptors (Lipinski definition) is 5. The van der Waals surface area contributed by atoms with Gasteiger partial charge in [-0.25, -0.2) is 9.48 Å². The minimum absolute atomic E-state index is 0.165. The molecule has 0 bridgehead atoms. The van der Waals surface area contributed by atoms with Gasteiger partial charge in [-0.05, 0) is 25.1 Å². The van der Waals surface area contributed by atoms with Crippen LogP contribution in [0.4, 0.5) is 5.82 Å². The number of nitrogen functional groups attached to an aromatic ring is 1. The number of aromatic carboxylic acids is 1. The molecule has 96 valence electrons. The summed E-state index contributed by atoms with van der Waals surface area (Å²) in [5.41, 5.74) is 7.56. The highest BCUT2D eigenvalue weighted by Crippen LogP contribution is 2.23. The first-order chi connectivity index (χ1) is 9.06. The lowest BCUT2D eigenvalue weighted by Crippen LogP contribution is -1.96. The molecule has 0 radical (unpaired) electrons. The number of anilines is 1. The van der Waals surface area contributed by atoms with Crippen LogP contribution in [0.1, 0.15) is 16.1 Å². The fourth-order valence-corrected chi connectivity index (χ4v) is 1.89. The van der Waals surface area contributed by atoms with Crippen molar-refractivity contribution in [2.24, 2.45) is 0 Å². The zero-order valence-corrected chi connectivity index (χ0v) is 9.99. The van der Waals surface area contributed by atoms with Gasteiger partial charge in [0.1, 0.15) is 5.56 Å². The van der Waals surface area contributed by atoms with Crippen molar-refractivity contribution in [3.05, 3.63) is 35.7 Å². The van der Waals surface area contributed by atoms with Crippen LogP contribution in [0.3, 0.4) is 0 Å². The lowest BCUT2D eigenvalue weighted by atomic mass is 10.2. The molecule has 0 aliphatic carbocycles. The van der Waals surface area contributed by atoms with Crippen molar-refractivity contribution in [1.82, 2.24) is 14.9 Å². The molecule has 1 aromatic carbocycles. The molecule has 7 nitrogen and oxygen atoms in total. The number of hydrogen-bond donors (Lipinski definition) is 2. The molecule has 19 heavy (non-hydrogen) atoms. The number of carbonyl (C=O) groups is 1. The van der Waals surface area contributed by atoms with Gasteiger partial charge in [-0.2, -0.15) is 5.10 Å². The molecule has 0 amide bonds. The summed E-state index contributed by atoms with van der Waals surface area (Å²) >= 11 is 0. The molecule has 0 fully saturated rings. The number of fused-ring (bicyclic) bond motifs is 1. The Bertz CT molecular complexity index is 787. The zero-order chi connectivity index (χ0) is 13.6. The van der Waals surface area contributed by atoms with Gasteiger partial charge in [-0.3, -0.25) is 0 Å². The number of rotatable bonds is 2. The Morgan fingerprint density at radius 1 is 1.47 bits per heavy atom. The minimum atomic E-state index is -1.01. The van der Waals surface area contributed by atoms with E-state index in [-0.39, 0.29) is 5.56 Å². The molecule has 0 saturated heterocycles. The van der Waals surface area contributed by atoms with Crippen molar-refractivity contribution in [1.29, 1.82) is 0 Å². The summed E-state index contributed by atoms with van der Waals surface area (Å²) in [6, 6.07) is 5.22. The van der Waals surface area contributed by atoms with Gasteiger partial charge in [0, 0.05) is 6.20 Å². The number of aromatic nitrogens is 3. The van der Waals surface area contributed by atoms with Gasteiger partial charge in [0.25, 0.3) is 0 Å². The van der Waals surface area contributed by atoms with Gasteiger partial charge < -0.3 is 15.4 Å². The van der Waals surface area contributed by atoms with Crippen molar-refractivity contribution in [2.75, 3.05) is 5.73 Å². The summed E-state index contributed by atoms with van der Waals surface area (Å²) in [5, 5.41) is 17.5. The van der Waals surface area contributed by atoms with Crippen molar-refractivity contribution >= 4 is 22.8 Å². The topological polar surface area (TPSA) is 107 Å². The molecule has 3 aromatic rings. The highest BCUT2D eigenvalue weighted by molar-refractivity contribution is 5.90. The first-order valence-corrected chi connectivity index (χ1v) is 5.51. The van der Waals surface area contributed by atoms with Crippen molar-refractivity contribution in [2.45, 2.75) is 6.92 Å². The molecular weight excluding hydrogens is 248 g/mol. The van der Waals surface area contributed by atoms with E-state index in [0.29, 0.717) is 28.2 Å². The largest absolute Gasteiger partial charge is 0.478 e. The number of nitrogens with two attached hydrogens (primary N) is 1. The number of carboxylic acids is 1. The minimum Gasteiger partial charge on any atom is -0.478 e. The summed E-state index contributed by atoms with van der Waals surface area (Å²) in [6.07, 6.45) is 1.46. The van der Waals surface area contributed by atoms with Crippen LogP contribution < -0.4 is 5.73 Å². The normalized spacial score (nSPS) is 11.0. The molecule has 0 saturated carbocycles. The van der Waals surface area contributed by atoms with Crippen LogP contribution in [0.5, 0.6) is 0 Å². The Hall–Kier alpha value is -2.83. The quantitative estimate of drug-likeness (QED) is 0.722. The lowest BCUT2D eigenvalue weighted by Gasteiger charge is -2.00. The summed E-state index contributed by atoms with van der Waals surface area (Å²) in [4.78, 5) is 11.0. The number of benzene rings is 1. The van der Waals surface area contributed by atoms with E-state index in [4.69, 9.17) is 15.4 Å². The maximum absolute atomic E-state index is 11.0. The molecule has 0 aliphatic heterocycles. The Labute approximate surface area is 107 Å². The average molecular weight is 258 g/mol. The molecule has 0 spiro atoms. The third-order valence-electron chi connectivity index (χ3n) is 2.88. The van der Waals surface area contributed by atoms with E-state index in [1.807, 2.05) is 0 Å². The lowest BCUT2D eigenvalue weighted by molar-refractivity contribution is 0.0696. The van der Waals surface area contributed by atoms with Crippen LogP contribution in [-0.2, 0) is 0 Å². The van der Waals surface area contributed by atoms with E-state index in [1.165, 1.54) is 10.9 Å². The molecule has 2 heterocycles. The van der Waals surface area contributed by atoms with Crippen LogP contribution in [0, 0.1) is 6.92 Å². The standard InChI is InChI=1S/C12H10N4O3/c1-6-9(12(17)18)5-16(14-6)7-2-3-10-8(4-7)11(13)15-19-10/h2-5H,1H3,(H2,13,15)(H,17,18). The predicted octanol–water partition coefficient (Wildman–Crippen LogP) is 1.60. The van der Waals surface area contributed by atoms with Crippen LogP contribution in [-0.4, -0.2) is 26.0 Å². The van der Waals surface area contributed by atoms with E-state index in [2.05, 4.69) is 10.3 Å². The highest BCUT2D eigenvalue weighted by Gasteiger charge is 2.13. The maximum atomic E-state index is 11.0. The average Bonchev–Trinajstić information content (AvgIpc) is 2.93. The second-order valence-electron chi connectivity index (χ2n) is 4.13. The third-order valence-corrected chi connectivity index (χ3v) is 2.88. The monoisotopic (exact) mass is 258 g/mol. The van der Waals surface area contributed by atoms with E-state index in [0.717, 1.165) is 0 Å². The number of carboxylic acid groups (broad SMARTS) is 1. The van der Waals surface area contributed by atoms with Crippen LogP contribution in [0.25, 0.3) is 16.7 Å². The Balaban J connectivity index is 2.15. The summed E-state index contributed by atoms with van der Waals surface area (Å²) < 4.78 is 6.50. The van der Waals surface area contributed by atoms with E-state index in [1.54, 1.807) is 25.1 Å². The first kappa shape index (κ1) is 11.3. The number of nitrogens with zero attached hydrogens (tertiary/aromatic N) is 3. The first-order valence-electron chi connectivity index (χ1n) is 5.51. The molecule has 3 N–H and O–H groups in total. The van der Waals surface area contributed by atoms with Gasteiger partial charge in [-0.1, -0.05) is 5.16 Å². The van der Waals surface area contributed by atoms with Crippen LogP contribution >= 0.6 is 0 Å². The molecule has 7 heteroatoms. The van der Waals surface area contributed by atoms with Crippen LogP contribution in [0.2, 0.25) is 0 Å². The summed E-state index contributed by atoms with van der Waals surface area (Å²) in [5.74, 6) is -0.714. The fraction of sp³-hybridized carbons (Fsp3) is 0.0833. The van der Waals surface area contributed by atoms with Gasteiger partial charge in [0.05, 0.1) is 16.8 Å². The Morgan fingerprint density at radius 3 is 2.95 bits per heavy atom. The number of aryl methyl sites for hydroxylation is 1. The zero-order valence-electron chi connectivity index (χ0n) is 9.99. The van der Waals surface area contributed by atoms with E-state index >= 15 is 0 Å². The van der Waals surface area contributed by atoms with Gasteiger partial charge >= 0.3 is 5.97 Å². The second kappa shape index (κ2) is 3.84. The van der Waals surface area contributed by atoms with Gasteiger partial charge in [0.2, 0.25) is 0 Å². The van der Waals surface area contributed by atoms with Crippen molar-refractivity contribution in [3.8, 4) is 5.69 Å². The van der Waals surface area contributed by atoms with Crippen molar-refractivity contribution < 1.29 is 14.4 Å². The van der Waals surface area contributed by atoms with E-state index in [9.17, 15) is 4.79 Å². The van der Waals surface area contributed by atoms with Crippen molar-refractivity contribution in [3.63, 3.8) is 0 Å². The highest BCUT2D eigenvalue weighted by atomic mass is 16.5. The maximum Gasteiger partial charge on any atom is 0.339 e. The molecule has 3 rings (SSSR count). The molecule has 2 aromatic heterocycles. The smallest absolute Gasteiger partial charge is 0.339 e. The second-order valence-corrected chi connectivity index (χ2v) is 4.13. The molecule has 0 aliphatic rings. The molecular formula is C12H10N4O3.